The minimum atomic E-state index is 0.505. The molecule has 36 heavy (non-hydrogen) atoms. The molecular weight excluding hydrogens is 468 g/mol. The number of thiocarbonyl (C=S) groups is 1. The summed E-state index contributed by atoms with van der Waals surface area (Å²) in [5, 5.41) is 7.02. The summed E-state index contributed by atoms with van der Waals surface area (Å²) in [6, 6.07) is 18.8. The van der Waals surface area contributed by atoms with Gasteiger partial charge in [0, 0.05) is 38.8 Å². The Morgan fingerprint density at radius 3 is 2.53 bits per heavy atom. The first-order valence-corrected chi connectivity index (χ1v) is 13.1. The highest BCUT2D eigenvalue weighted by Gasteiger charge is 2.23. The molecule has 1 fully saturated rings. The van der Waals surface area contributed by atoms with Gasteiger partial charge >= 0.3 is 0 Å². The zero-order chi connectivity index (χ0) is 24.9. The Morgan fingerprint density at radius 2 is 1.78 bits per heavy atom. The fourth-order valence-corrected chi connectivity index (χ4v) is 5.13. The monoisotopic (exact) mass is 502 g/mol. The summed E-state index contributed by atoms with van der Waals surface area (Å²) in [5.41, 5.74) is 3.90. The molecule has 0 amide bonds. The second kappa shape index (κ2) is 11.1. The van der Waals surface area contributed by atoms with Gasteiger partial charge in [0.25, 0.3) is 0 Å². The number of anilines is 3. The second-order valence-corrected chi connectivity index (χ2v) is 10.1. The quantitative estimate of drug-likeness (QED) is 0.468. The predicted molar refractivity (Wildman–Crippen MR) is 150 cm³/mol. The van der Waals surface area contributed by atoms with Crippen LogP contribution in [-0.4, -0.2) is 41.8 Å². The zero-order valence-electron chi connectivity index (χ0n) is 21.0. The molecule has 2 aromatic carbocycles. The maximum atomic E-state index is 5.60. The highest BCUT2D eigenvalue weighted by Crippen LogP contribution is 2.29. The van der Waals surface area contributed by atoms with Crippen molar-refractivity contribution in [2.75, 3.05) is 41.9 Å². The summed E-state index contributed by atoms with van der Waals surface area (Å²) in [6.07, 6.45) is 3.46. The molecule has 5 rings (SSSR count). The van der Waals surface area contributed by atoms with Crippen molar-refractivity contribution >= 4 is 34.9 Å². The summed E-state index contributed by atoms with van der Waals surface area (Å²) < 4.78 is 5.24. The Morgan fingerprint density at radius 1 is 1.03 bits per heavy atom. The molecular formula is C28H34N6OS. The van der Waals surface area contributed by atoms with Crippen molar-refractivity contribution in [1.29, 1.82) is 0 Å². The Balaban J connectivity index is 1.34. The number of hydrogen-bond donors (Lipinski definition) is 2. The van der Waals surface area contributed by atoms with Crippen molar-refractivity contribution in [1.82, 2.24) is 15.3 Å². The van der Waals surface area contributed by atoms with E-state index < -0.39 is 0 Å². The van der Waals surface area contributed by atoms with E-state index >= 15 is 0 Å². The highest BCUT2D eigenvalue weighted by molar-refractivity contribution is 7.80. The number of piperidine rings is 1. The van der Waals surface area contributed by atoms with E-state index in [2.05, 4.69) is 57.7 Å². The van der Waals surface area contributed by atoms with Gasteiger partial charge in [0.1, 0.15) is 17.4 Å². The van der Waals surface area contributed by atoms with Crippen LogP contribution in [0.2, 0.25) is 0 Å². The molecule has 1 aromatic heterocycles. The van der Waals surface area contributed by atoms with Crippen LogP contribution in [0.3, 0.4) is 0 Å². The SMILES string of the molecule is COc1ccc(CNC(=S)Nc2nc(N3CCc4ccccc4C3)cc(N3CCC[C@H](C)C3)n2)cc1. The fraction of sp³-hybridized carbons (Fsp3) is 0.393. The minimum Gasteiger partial charge on any atom is -0.497 e. The van der Waals surface area contributed by atoms with Crippen LogP contribution in [0.5, 0.6) is 5.75 Å². The van der Waals surface area contributed by atoms with Gasteiger partial charge in [-0.2, -0.15) is 9.97 Å². The number of ether oxygens (including phenoxy) is 1. The number of fused-ring (bicyclic) bond motifs is 1. The summed E-state index contributed by atoms with van der Waals surface area (Å²) in [7, 11) is 1.67. The van der Waals surface area contributed by atoms with Crippen LogP contribution in [-0.2, 0) is 19.5 Å². The molecule has 0 radical (unpaired) electrons. The van der Waals surface area contributed by atoms with Gasteiger partial charge in [-0.15, -0.1) is 0 Å². The van der Waals surface area contributed by atoms with Crippen LogP contribution in [0.1, 0.15) is 36.5 Å². The third kappa shape index (κ3) is 5.87. The van der Waals surface area contributed by atoms with E-state index in [1.807, 2.05) is 24.3 Å². The van der Waals surface area contributed by atoms with Crippen LogP contribution in [0.25, 0.3) is 0 Å². The van der Waals surface area contributed by atoms with Crippen molar-refractivity contribution in [3.8, 4) is 5.75 Å². The Kier molecular flexibility index (Phi) is 7.51. The van der Waals surface area contributed by atoms with Crippen molar-refractivity contribution in [2.24, 2.45) is 5.92 Å². The summed E-state index contributed by atoms with van der Waals surface area (Å²) in [4.78, 5) is 14.5. The van der Waals surface area contributed by atoms with Gasteiger partial charge in [-0.1, -0.05) is 43.3 Å². The number of methoxy groups -OCH3 is 1. The molecule has 7 nitrogen and oxygen atoms in total. The van der Waals surface area contributed by atoms with E-state index in [0.717, 1.165) is 55.5 Å². The van der Waals surface area contributed by atoms with E-state index in [1.165, 1.54) is 24.0 Å². The summed E-state index contributed by atoms with van der Waals surface area (Å²) in [5.74, 6) is 3.93. The fourth-order valence-electron chi connectivity index (χ4n) is 4.96. The van der Waals surface area contributed by atoms with Crippen LogP contribution in [0.15, 0.2) is 54.6 Å². The highest BCUT2D eigenvalue weighted by atomic mass is 32.1. The Hall–Kier alpha value is -3.39. The molecule has 0 unspecified atom stereocenters. The molecule has 3 aromatic rings. The normalized spacial score (nSPS) is 17.3. The van der Waals surface area contributed by atoms with E-state index in [9.17, 15) is 0 Å². The first-order chi connectivity index (χ1) is 17.6. The molecule has 2 aliphatic rings. The van der Waals surface area contributed by atoms with E-state index in [0.29, 0.717) is 23.5 Å². The minimum absolute atomic E-state index is 0.505. The average Bonchev–Trinajstić information content (AvgIpc) is 2.91. The molecule has 8 heteroatoms. The van der Waals surface area contributed by atoms with E-state index in [1.54, 1.807) is 7.11 Å². The van der Waals surface area contributed by atoms with Crippen molar-refractivity contribution in [3.05, 3.63) is 71.3 Å². The van der Waals surface area contributed by atoms with Crippen molar-refractivity contribution in [3.63, 3.8) is 0 Å². The average molecular weight is 503 g/mol. The maximum Gasteiger partial charge on any atom is 0.232 e. The molecule has 0 aliphatic carbocycles. The second-order valence-electron chi connectivity index (χ2n) is 9.70. The Bertz CT molecular complexity index is 1200. The summed E-state index contributed by atoms with van der Waals surface area (Å²) >= 11 is 5.60. The van der Waals surface area contributed by atoms with Gasteiger partial charge in [-0.3, -0.25) is 0 Å². The smallest absolute Gasteiger partial charge is 0.232 e. The van der Waals surface area contributed by atoms with E-state index in [-0.39, 0.29) is 0 Å². The maximum absolute atomic E-state index is 5.60. The third-order valence-electron chi connectivity index (χ3n) is 6.97. The first kappa shape index (κ1) is 24.3. The van der Waals surface area contributed by atoms with Gasteiger partial charge in [0.05, 0.1) is 7.11 Å². The Labute approximate surface area is 218 Å². The number of benzene rings is 2. The lowest BCUT2D eigenvalue weighted by molar-refractivity contribution is 0.414. The van der Waals surface area contributed by atoms with Crippen molar-refractivity contribution < 1.29 is 4.74 Å². The van der Waals surface area contributed by atoms with Crippen molar-refractivity contribution in [2.45, 2.75) is 39.3 Å². The molecule has 1 saturated heterocycles. The molecule has 188 valence electrons. The van der Waals surface area contributed by atoms with Crippen LogP contribution >= 0.6 is 12.2 Å². The topological polar surface area (TPSA) is 65.6 Å². The zero-order valence-corrected chi connectivity index (χ0v) is 21.9. The standard InChI is InChI=1S/C28H34N6OS/c1-20-6-5-14-33(18-20)25-16-26(34-15-13-22-7-3-4-8-23(22)19-34)31-27(30-25)32-28(36)29-17-21-9-11-24(35-2)12-10-21/h3-4,7-12,16,20H,5-6,13-15,17-19H2,1-2H3,(H2,29,30,31,32,36)/t20-/m0/s1. The van der Waals surface area contributed by atoms with Gasteiger partial charge in [0.2, 0.25) is 5.95 Å². The predicted octanol–water partition coefficient (Wildman–Crippen LogP) is 4.77. The molecule has 0 spiro atoms. The lowest BCUT2D eigenvalue weighted by Crippen LogP contribution is -2.36. The number of hydrogen-bond acceptors (Lipinski definition) is 6. The number of rotatable bonds is 6. The number of nitrogens with zero attached hydrogens (tertiary/aromatic N) is 4. The van der Waals surface area contributed by atoms with Gasteiger partial charge in [0.15, 0.2) is 5.11 Å². The lowest BCUT2D eigenvalue weighted by atomic mass is 10.00. The van der Waals surface area contributed by atoms with Crippen LogP contribution < -0.4 is 25.2 Å². The van der Waals surface area contributed by atoms with Crippen LogP contribution in [0, 0.1) is 5.92 Å². The molecule has 3 heterocycles. The van der Waals surface area contributed by atoms with E-state index in [4.69, 9.17) is 26.9 Å². The molecule has 2 aliphatic heterocycles. The molecule has 1 atom stereocenters. The van der Waals surface area contributed by atoms with Gasteiger partial charge in [-0.25, -0.2) is 0 Å². The first-order valence-electron chi connectivity index (χ1n) is 12.7. The summed E-state index contributed by atoms with van der Waals surface area (Å²) in [6.45, 7) is 6.73. The molecule has 0 saturated carbocycles. The van der Waals surface area contributed by atoms with Gasteiger partial charge in [-0.05, 0) is 66.2 Å². The molecule has 2 N–H and O–H groups in total. The molecule has 0 bridgehead atoms. The van der Waals surface area contributed by atoms with Crippen LogP contribution in [0.4, 0.5) is 17.6 Å². The lowest BCUT2D eigenvalue weighted by Gasteiger charge is -2.34. The number of nitrogens with one attached hydrogen (secondary N) is 2. The third-order valence-corrected chi connectivity index (χ3v) is 7.22. The largest absolute Gasteiger partial charge is 0.497 e. The van der Waals surface area contributed by atoms with Gasteiger partial charge < -0.3 is 25.2 Å². The number of aromatic nitrogens is 2.